The molecule has 19 heavy (non-hydrogen) atoms. The van der Waals surface area contributed by atoms with Gasteiger partial charge in [-0.25, -0.2) is 8.42 Å². The zero-order valence-corrected chi connectivity index (χ0v) is 13.0. The molecule has 7 heteroatoms. The smallest absolute Gasteiger partial charge is 0.246 e. The van der Waals surface area contributed by atoms with Crippen LogP contribution in [0.15, 0.2) is 4.90 Å². The number of aryl methyl sites for hydroxylation is 2. The molecule has 0 amide bonds. The van der Waals surface area contributed by atoms with Gasteiger partial charge in [-0.2, -0.15) is 9.40 Å². The molecular formula is C12H24N4O2S. The lowest BCUT2D eigenvalue weighted by Crippen LogP contribution is -2.34. The van der Waals surface area contributed by atoms with E-state index in [2.05, 4.69) is 5.10 Å². The van der Waals surface area contributed by atoms with Gasteiger partial charge < -0.3 is 5.73 Å². The minimum Gasteiger partial charge on any atom is -0.330 e. The molecular weight excluding hydrogens is 264 g/mol. The van der Waals surface area contributed by atoms with Gasteiger partial charge in [0.15, 0.2) is 0 Å². The molecule has 0 saturated heterocycles. The van der Waals surface area contributed by atoms with Crippen molar-refractivity contribution in [2.75, 3.05) is 19.6 Å². The third-order valence-electron chi connectivity index (χ3n) is 3.13. The summed E-state index contributed by atoms with van der Waals surface area (Å²) in [6.45, 7) is 6.93. The summed E-state index contributed by atoms with van der Waals surface area (Å²) >= 11 is 0. The summed E-state index contributed by atoms with van der Waals surface area (Å²) < 4.78 is 28.5. The third kappa shape index (κ3) is 3.34. The lowest BCUT2D eigenvalue weighted by Gasteiger charge is -2.21. The molecule has 0 aliphatic rings. The van der Waals surface area contributed by atoms with Crippen molar-refractivity contribution in [3.63, 3.8) is 0 Å². The molecule has 6 nitrogen and oxygen atoms in total. The highest BCUT2D eigenvalue weighted by molar-refractivity contribution is 7.89. The fourth-order valence-electron chi connectivity index (χ4n) is 2.13. The molecule has 0 aliphatic carbocycles. The van der Waals surface area contributed by atoms with Crippen molar-refractivity contribution in [3.8, 4) is 0 Å². The van der Waals surface area contributed by atoms with Crippen LogP contribution in [0.25, 0.3) is 0 Å². The summed E-state index contributed by atoms with van der Waals surface area (Å²) in [4.78, 5) is 0.334. The molecule has 0 spiro atoms. The van der Waals surface area contributed by atoms with Crippen LogP contribution >= 0.6 is 0 Å². The van der Waals surface area contributed by atoms with Crippen molar-refractivity contribution in [3.05, 3.63) is 11.4 Å². The largest absolute Gasteiger partial charge is 0.330 e. The van der Waals surface area contributed by atoms with Gasteiger partial charge >= 0.3 is 0 Å². The van der Waals surface area contributed by atoms with Gasteiger partial charge in [0.05, 0.1) is 11.4 Å². The van der Waals surface area contributed by atoms with Crippen LogP contribution in [0.1, 0.15) is 31.2 Å². The van der Waals surface area contributed by atoms with E-state index in [0.29, 0.717) is 42.3 Å². The summed E-state index contributed by atoms with van der Waals surface area (Å²) in [6, 6.07) is 0. The highest BCUT2D eigenvalue weighted by Gasteiger charge is 2.29. The average molecular weight is 288 g/mol. The molecule has 1 aromatic heterocycles. The Bertz CT molecular complexity index is 522. The SMILES string of the molecule is CCCN(CCCN)S(=O)(=O)c1c(C)nn(C)c1C. The molecule has 0 radical (unpaired) electrons. The molecule has 1 heterocycles. The molecule has 0 unspecified atom stereocenters. The number of rotatable bonds is 7. The van der Waals surface area contributed by atoms with Crippen LogP contribution in [0.2, 0.25) is 0 Å². The Morgan fingerprint density at radius 1 is 1.32 bits per heavy atom. The number of hydrogen-bond acceptors (Lipinski definition) is 4. The maximum atomic E-state index is 12.7. The van der Waals surface area contributed by atoms with Gasteiger partial charge in [-0.1, -0.05) is 6.92 Å². The summed E-state index contributed by atoms with van der Waals surface area (Å²) in [5.74, 6) is 0. The summed E-state index contributed by atoms with van der Waals surface area (Å²) in [5, 5.41) is 4.19. The topological polar surface area (TPSA) is 81.2 Å². The van der Waals surface area contributed by atoms with Gasteiger partial charge in [0.2, 0.25) is 10.0 Å². The second-order valence-electron chi connectivity index (χ2n) is 4.67. The standard InChI is InChI=1S/C12H24N4O2S/c1-5-8-16(9-6-7-13)19(17,18)12-10(2)14-15(4)11(12)3/h5-9,13H2,1-4H3. The van der Waals surface area contributed by atoms with Crippen LogP contribution in [-0.2, 0) is 17.1 Å². The van der Waals surface area contributed by atoms with Crippen molar-refractivity contribution in [2.24, 2.45) is 12.8 Å². The summed E-state index contributed by atoms with van der Waals surface area (Å²) in [7, 11) is -1.73. The van der Waals surface area contributed by atoms with Gasteiger partial charge in [0, 0.05) is 20.1 Å². The van der Waals surface area contributed by atoms with Crippen molar-refractivity contribution in [2.45, 2.75) is 38.5 Å². The Morgan fingerprint density at radius 3 is 2.37 bits per heavy atom. The summed E-state index contributed by atoms with van der Waals surface area (Å²) in [6.07, 6.45) is 1.44. The minimum absolute atomic E-state index is 0.334. The highest BCUT2D eigenvalue weighted by Crippen LogP contribution is 2.23. The van der Waals surface area contributed by atoms with Gasteiger partial charge in [0.25, 0.3) is 0 Å². The monoisotopic (exact) mass is 288 g/mol. The zero-order valence-electron chi connectivity index (χ0n) is 12.2. The molecule has 0 aliphatic heterocycles. The predicted octanol–water partition coefficient (Wildman–Crippen LogP) is 0.786. The molecule has 0 aromatic carbocycles. The van der Waals surface area contributed by atoms with Crippen LogP contribution in [0.5, 0.6) is 0 Å². The molecule has 0 saturated carbocycles. The van der Waals surface area contributed by atoms with Crippen molar-refractivity contribution >= 4 is 10.0 Å². The lowest BCUT2D eigenvalue weighted by atomic mass is 10.4. The Balaban J connectivity index is 3.18. The first-order chi connectivity index (χ1) is 8.86. The number of nitrogens with zero attached hydrogens (tertiary/aromatic N) is 3. The lowest BCUT2D eigenvalue weighted by molar-refractivity contribution is 0.405. The van der Waals surface area contributed by atoms with Crippen LogP contribution < -0.4 is 5.73 Å². The first kappa shape index (κ1) is 16.1. The number of sulfonamides is 1. The first-order valence-corrected chi connectivity index (χ1v) is 8.00. The van der Waals surface area contributed by atoms with Crippen molar-refractivity contribution in [1.82, 2.24) is 14.1 Å². The van der Waals surface area contributed by atoms with E-state index in [4.69, 9.17) is 5.73 Å². The fourth-order valence-corrected chi connectivity index (χ4v) is 4.10. The maximum absolute atomic E-state index is 12.7. The van der Waals surface area contributed by atoms with E-state index < -0.39 is 10.0 Å². The minimum atomic E-state index is -3.48. The molecule has 2 N–H and O–H groups in total. The van der Waals surface area contributed by atoms with Crippen molar-refractivity contribution in [1.29, 1.82) is 0 Å². The number of aromatic nitrogens is 2. The van der Waals surface area contributed by atoms with Crippen LogP contribution in [0.3, 0.4) is 0 Å². The zero-order chi connectivity index (χ0) is 14.6. The first-order valence-electron chi connectivity index (χ1n) is 6.56. The number of hydrogen-bond donors (Lipinski definition) is 1. The predicted molar refractivity (Wildman–Crippen MR) is 75.4 cm³/mol. The fraction of sp³-hybridized carbons (Fsp3) is 0.750. The Labute approximate surface area is 115 Å². The maximum Gasteiger partial charge on any atom is 0.246 e. The van der Waals surface area contributed by atoms with E-state index in [1.165, 1.54) is 4.31 Å². The van der Waals surface area contributed by atoms with E-state index in [0.717, 1.165) is 6.42 Å². The van der Waals surface area contributed by atoms with Crippen molar-refractivity contribution < 1.29 is 8.42 Å². The Kier molecular flexibility index (Phi) is 5.51. The van der Waals surface area contributed by atoms with Gasteiger partial charge in [-0.3, -0.25) is 4.68 Å². The second kappa shape index (κ2) is 6.49. The third-order valence-corrected chi connectivity index (χ3v) is 5.28. The molecule has 1 aromatic rings. The molecule has 110 valence electrons. The van der Waals surface area contributed by atoms with Gasteiger partial charge in [0.1, 0.15) is 4.90 Å². The Morgan fingerprint density at radius 2 is 1.95 bits per heavy atom. The van der Waals surface area contributed by atoms with Crippen LogP contribution in [0.4, 0.5) is 0 Å². The second-order valence-corrected chi connectivity index (χ2v) is 6.54. The summed E-state index contributed by atoms with van der Waals surface area (Å²) in [5.41, 5.74) is 6.70. The van der Waals surface area contributed by atoms with Crippen LogP contribution in [0, 0.1) is 13.8 Å². The van der Waals surface area contributed by atoms with Gasteiger partial charge in [-0.05, 0) is 33.2 Å². The quantitative estimate of drug-likeness (QED) is 0.804. The van der Waals surface area contributed by atoms with E-state index >= 15 is 0 Å². The highest BCUT2D eigenvalue weighted by atomic mass is 32.2. The van der Waals surface area contributed by atoms with Crippen LogP contribution in [-0.4, -0.2) is 42.1 Å². The van der Waals surface area contributed by atoms with E-state index in [1.807, 2.05) is 6.92 Å². The average Bonchev–Trinajstić information content (AvgIpc) is 2.58. The molecule has 0 fully saturated rings. The molecule has 1 rings (SSSR count). The number of nitrogens with two attached hydrogens (primary N) is 1. The van der Waals surface area contributed by atoms with Gasteiger partial charge in [-0.15, -0.1) is 0 Å². The molecule has 0 atom stereocenters. The van der Waals surface area contributed by atoms with E-state index in [-0.39, 0.29) is 0 Å². The van der Waals surface area contributed by atoms with E-state index in [9.17, 15) is 8.42 Å². The normalized spacial score (nSPS) is 12.3. The van der Waals surface area contributed by atoms with E-state index in [1.54, 1.807) is 25.6 Å². The molecule has 0 bridgehead atoms. The Hall–Kier alpha value is -0.920.